The van der Waals surface area contributed by atoms with Crippen molar-refractivity contribution in [1.82, 2.24) is 5.32 Å². The Hall–Kier alpha value is -1.78. The van der Waals surface area contributed by atoms with E-state index in [2.05, 4.69) is 11.4 Å². The minimum Gasteiger partial charge on any atom is -0.462 e. The normalized spacial score (nSPS) is 18.1. The molecule has 5 nitrogen and oxygen atoms in total. The maximum atomic E-state index is 11.9. The van der Waals surface area contributed by atoms with E-state index in [1.165, 1.54) is 38.3 Å². The van der Waals surface area contributed by atoms with E-state index in [4.69, 9.17) is 9.47 Å². The third-order valence-corrected chi connectivity index (χ3v) is 3.68. The second-order valence-electron chi connectivity index (χ2n) is 5.53. The van der Waals surface area contributed by atoms with E-state index in [-0.39, 0.29) is 18.8 Å². The molecule has 0 spiro atoms. The summed E-state index contributed by atoms with van der Waals surface area (Å²) in [7, 11) is 0. The van der Waals surface area contributed by atoms with Crippen molar-refractivity contribution in [3.05, 3.63) is 23.5 Å². The molecule has 0 aromatic heterocycles. The van der Waals surface area contributed by atoms with Gasteiger partial charge in [-0.3, -0.25) is 0 Å². The molecule has 0 amide bonds. The van der Waals surface area contributed by atoms with Crippen LogP contribution < -0.4 is 5.32 Å². The fraction of sp³-hybridized carbons (Fsp3) is 0.667. The lowest BCUT2D eigenvalue weighted by Gasteiger charge is -2.12. The van der Waals surface area contributed by atoms with Crippen LogP contribution in [-0.2, 0) is 19.1 Å². The zero-order chi connectivity index (χ0) is 16.9. The Kier molecular flexibility index (Phi) is 9.84. The Balaban J connectivity index is 2.76. The number of nitrogens with one attached hydrogen (secondary N) is 1. The molecular formula is C18H29NO4. The Morgan fingerprint density at radius 1 is 1.00 bits per heavy atom. The van der Waals surface area contributed by atoms with E-state index in [9.17, 15) is 9.59 Å². The Bertz CT molecular complexity index is 420. The van der Waals surface area contributed by atoms with Gasteiger partial charge in [0, 0.05) is 11.9 Å². The first-order valence-corrected chi connectivity index (χ1v) is 8.69. The first kappa shape index (κ1) is 19.3. The van der Waals surface area contributed by atoms with Crippen molar-refractivity contribution in [3.8, 4) is 0 Å². The highest BCUT2D eigenvalue weighted by Crippen LogP contribution is 2.15. The van der Waals surface area contributed by atoms with Gasteiger partial charge in [0.25, 0.3) is 0 Å². The summed E-state index contributed by atoms with van der Waals surface area (Å²) in [4.78, 5) is 23.8. The molecule has 23 heavy (non-hydrogen) atoms. The van der Waals surface area contributed by atoms with E-state index in [1.807, 2.05) is 0 Å². The van der Waals surface area contributed by atoms with Crippen molar-refractivity contribution in [2.75, 3.05) is 13.2 Å². The summed E-state index contributed by atoms with van der Waals surface area (Å²) in [6, 6.07) is 0. The number of allylic oxidation sites excluding steroid dienone is 2. The molecule has 0 bridgehead atoms. The molecule has 0 unspecified atom stereocenters. The highest BCUT2D eigenvalue weighted by molar-refractivity contribution is 6.13. The molecule has 1 rings (SSSR count). The zero-order valence-corrected chi connectivity index (χ0v) is 14.4. The second kappa shape index (κ2) is 11.7. The van der Waals surface area contributed by atoms with Crippen molar-refractivity contribution in [2.45, 2.75) is 65.2 Å². The smallest absolute Gasteiger partial charge is 0.347 e. The van der Waals surface area contributed by atoms with Crippen LogP contribution in [0.15, 0.2) is 23.5 Å². The van der Waals surface area contributed by atoms with Crippen LogP contribution in [0.25, 0.3) is 0 Å². The van der Waals surface area contributed by atoms with Crippen LogP contribution in [0, 0.1) is 0 Å². The highest BCUT2D eigenvalue weighted by Gasteiger charge is 2.21. The number of rotatable bonds is 6. The lowest BCUT2D eigenvalue weighted by atomic mass is 10.0. The van der Waals surface area contributed by atoms with Crippen LogP contribution >= 0.6 is 0 Å². The maximum absolute atomic E-state index is 11.9. The van der Waals surface area contributed by atoms with Crippen LogP contribution in [0.2, 0.25) is 0 Å². The first-order valence-electron chi connectivity index (χ1n) is 8.69. The summed E-state index contributed by atoms with van der Waals surface area (Å²) in [5.74, 6) is -1.31. The Morgan fingerprint density at radius 2 is 1.57 bits per heavy atom. The fourth-order valence-corrected chi connectivity index (χ4v) is 2.46. The van der Waals surface area contributed by atoms with Crippen LogP contribution in [0.5, 0.6) is 0 Å². The van der Waals surface area contributed by atoms with Crippen LogP contribution in [0.3, 0.4) is 0 Å². The van der Waals surface area contributed by atoms with Gasteiger partial charge in [-0.05, 0) is 39.5 Å². The summed E-state index contributed by atoms with van der Waals surface area (Å²) >= 11 is 0. The van der Waals surface area contributed by atoms with Crippen LogP contribution in [-0.4, -0.2) is 25.2 Å². The van der Waals surface area contributed by atoms with Gasteiger partial charge in [0.1, 0.15) is 0 Å². The third-order valence-electron chi connectivity index (χ3n) is 3.68. The van der Waals surface area contributed by atoms with Gasteiger partial charge in [0.05, 0.1) is 13.2 Å². The van der Waals surface area contributed by atoms with Gasteiger partial charge in [-0.15, -0.1) is 0 Å². The molecule has 0 fully saturated rings. The zero-order valence-electron chi connectivity index (χ0n) is 14.4. The predicted octanol–water partition coefficient (Wildman–Crippen LogP) is 3.60. The number of esters is 2. The molecule has 0 aliphatic heterocycles. The lowest BCUT2D eigenvalue weighted by molar-refractivity contribution is -0.146. The molecule has 1 N–H and O–H groups in total. The van der Waals surface area contributed by atoms with E-state index >= 15 is 0 Å². The van der Waals surface area contributed by atoms with Gasteiger partial charge in [-0.2, -0.15) is 0 Å². The average Bonchev–Trinajstić information content (AvgIpc) is 2.54. The van der Waals surface area contributed by atoms with Gasteiger partial charge in [0.15, 0.2) is 5.57 Å². The van der Waals surface area contributed by atoms with Crippen molar-refractivity contribution in [2.24, 2.45) is 0 Å². The van der Waals surface area contributed by atoms with Crippen molar-refractivity contribution in [1.29, 1.82) is 0 Å². The molecule has 130 valence electrons. The largest absolute Gasteiger partial charge is 0.462 e. The van der Waals surface area contributed by atoms with Gasteiger partial charge in [-0.1, -0.05) is 31.8 Å². The molecule has 0 saturated heterocycles. The standard InChI is InChI=1S/C18H29NO4/c1-3-22-17(20)16(18(21)23-4-2)14-19-15-12-10-8-6-5-7-9-11-13-15/h12,14,19H,3-11,13H2,1-2H3/b15-12+. The predicted molar refractivity (Wildman–Crippen MR) is 89.5 cm³/mol. The molecule has 5 heteroatoms. The van der Waals surface area contributed by atoms with Crippen molar-refractivity contribution >= 4 is 11.9 Å². The average molecular weight is 323 g/mol. The van der Waals surface area contributed by atoms with E-state index < -0.39 is 11.9 Å². The van der Waals surface area contributed by atoms with E-state index in [1.54, 1.807) is 13.8 Å². The highest BCUT2D eigenvalue weighted by atomic mass is 16.6. The number of hydrogen-bond donors (Lipinski definition) is 1. The van der Waals surface area contributed by atoms with Gasteiger partial charge < -0.3 is 14.8 Å². The summed E-state index contributed by atoms with van der Waals surface area (Å²) in [5, 5.41) is 3.11. The lowest BCUT2D eigenvalue weighted by Crippen LogP contribution is -2.21. The molecule has 0 aromatic rings. The third kappa shape index (κ3) is 7.86. The van der Waals surface area contributed by atoms with E-state index in [0.29, 0.717) is 0 Å². The molecule has 0 atom stereocenters. The van der Waals surface area contributed by atoms with Gasteiger partial charge in [0.2, 0.25) is 0 Å². The fourth-order valence-electron chi connectivity index (χ4n) is 2.46. The number of carbonyl (C=O) groups is 2. The van der Waals surface area contributed by atoms with Crippen molar-refractivity contribution < 1.29 is 19.1 Å². The first-order chi connectivity index (χ1) is 11.2. The maximum Gasteiger partial charge on any atom is 0.347 e. The Morgan fingerprint density at radius 3 is 2.17 bits per heavy atom. The minimum atomic E-state index is -0.654. The summed E-state index contributed by atoms with van der Waals surface area (Å²) in [6.07, 6.45) is 12.9. The van der Waals surface area contributed by atoms with Gasteiger partial charge >= 0.3 is 11.9 Å². The molecule has 1 aliphatic carbocycles. The number of ether oxygens (including phenoxy) is 2. The molecule has 0 radical (unpaired) electrons. The summed E-state index contributed by atoms with van der Waals surface area (Å²) in [6.45, 7) is 3.85. The molecule has 0 heterocycles. The topological polar surface area (TPSA) is 64.6 Å². The summed E-state index contributed by atoms with van der Waals surface area (Å²) in [5.41, 5.74) is 0.963. The van der Waals surface area contributed by atoms with Gasteiger partial charge in [-0.25, -0.2) is 9.59 Å². The van der Waals surface area contributed by atoms with Crippen LogP contribution in [0.1, 0.15) is 65.2 Å². The molecule has 0 saturated carbocycles. The quantitative estimate of drug-likeness (QED) is 0.350. The molecule has 1 aliphatic rings. The van der Waals surface area contributed by atoms with E-state index in [0.717, 1.165) is 25.0 Å². The molecular weight excluding hydrogens is 294 g/mol. The second-order valence-corrected chi connectivity index (χ2v) is 5.53. The number of carbonyl (C=O) groups excluding carboxylic acids is 2. The Labute approximate surface area is 139 Å². The summed E-state index contributed by atoms with van der Waals surface area (Å²) < 4.78 is 9.85. The monoisotopic (exact) mass is 323 g/mol. The SMILES string of the molecule is CCOC(=O)C(=CN/C1=C/CCCCCCCC1)C(=O)OCC. The van der Waals surface area contributed by atoms with Crippen molar-refractivity contribution in [3.63, 3.8) is 0 Å². The van der Waals surface area contributed by atoms with Crippen LogP contribution in [0.4, 0.5) is 0 Å². The molecule has 0 aromatic carbocycles. The minimum absolute atomic E-state index is 0.0910. The number of hydrogen-bond acceptors (Lipinski definition) is 5.